The average molecular weight is 879 g/mol. The first kappa shape index (κ1) is 58.3. The van der Waals surface area contributed by atoms with Crippen molar-refractivity contribution in [3.8, 4) is 0 Å². The number of halogens is 6. The third-order valence-corrected chi connectivity index (χ3v) is 10.7. The summed E-state index contributed by atoms with van der Waals surface area (Å²) in [4.78, 5) is 20.5. The van der Waals surface area contributed by atoms with E-state index in [1.807, 2.05) is 19.1 Å². The number of rotatable bonds is 13. The van der Waals surface area contributed by atoms with Crippen LogP contribution in [-0.4, -0.2) is 55.2 Å². The Hall–Kier alpha value is -1.01. The minimum Gasteiger partial charge on any atom is -0.358 e. The van der Waals surface area contributed by atoms with Crippen molar-refractivity contribution in [1.29, 1.82) is 0 Å². The van der Waals surface area contributed by atoms with Crippen molar-refractivity contribution in [3.63, 3.8) is 0 Å². The van der Waals surface area contributed by atoms with Gasteiger partial charge in [-0.3, -0.25) is 9.69 Å². The van der Waals surface area contributed by atoms with Gasteiger partial charge in [0.1, 0.15) is 5.82 Å². The summed E-state index contributed by atoms with van der Waals surface area (Å²) in [5, 5.41) is 0.788. The van der Waals surface area contributed by atoms with Gasteiger partial charge in [-0.1, -0.05) is 88.5 Å². The molecule has 1 aliphatic heterocycles. The molecule has 2 aromatic carbocycles. The van der Waals surface area contributed by atoms with Crippen LogP contribution in [0.2, 0.25) is 5.02 Å². The number of ketones is 1. The van der Waals surface area contributed by atoms with Crippen LogP contribution < -0.4 is 0 Å². The van der Waals surface area contributed by atoms with E-state index < -0.39 is 6.36 Å². The molecule has 4 nitrogen and oxygen atoms in total. The van der Waals surface area contributed by atoms with Gasteiger partial charge in [-0.05, 0) is 154 Å². The molecule has 1 heterocycles. The summed E-state index contributed by atoms with van der Waals surface area (Å²) in [6.07, 6.45) is 8.67. The standard InChI is InChI=1S/C37H54ClFN2O.C3H8.CF4O.2CH3.2Cr/c1-6-26(2)37(42)36(32-17-18-34(39)28(4)35(32)30-13-9-7-10-14-30)40(5)23-19-29(20-24-41-21-11-8-12-22-41)33-25-31(38)16-15-27(33)3;1-3-2;2-1(3,4)6-5;;;;/h15-18,25-26,29-30,36H,6-14,19-24H2,1-5H3;3H2,1-2H3;;2*1H3;;/q;;;2*-1;;. The number of aryl methyl sites for hydroxylation is 1. The molecule has 0 N–H and O–H groups in total. The Morgan fingerprint density at radius 1 is 0.927 bits per heavy atom. The van der Waals surface area contributed by atoms with E-state index in [0.29, 0.717) is 11.8 Å². The molecule has 0 radical (unpaired) electrons. The van der Waals surface area contributed by atoms with Crippen LogP contribution in [0.5, 0.6) is 0 Å². The van der Waals surface area contributed by atoms with Crippen LogP contribution in [-0.2, 0) is 44.5 Å². The molecule has 4 rings (SSSR count). The summed E-state index contributed by atoms with van der Waals surface area (Å²) in [6.45, 7) is 16.8. The summed E-state index contributed by atoms with van der Waals surface area (Å²) in [5.41, 5.74) is 5.50. The first-order valence-electron chi connectivity index (χ1n) is 19.1. The molecule has 2 aromatic rings. The van der Waals surface area contributed by atoms with Crippen LogP contribution in [0.25, 0.3) is 0 Å². The first-order chi connectivity index (χ1) is 24.2. The second kappa shape index (κ2) is 30.1. The zero-order valence-corrected chi connectivity index (χ0v) is 38.1. The predicted octanol–water partition coefficient (Wildman–Crippen LogP) is 13.5. The molecule has 318 valence electrons. The van der Waals surface area contributed by atoms with Crippen LogP contribution >= 0.6 is 11.6 Å². The molecule has 0 spiro atoms. The van der Waals surface area contributed by atoms with E-state index in [1.54, 1.807) is 6.07 Å². The van der Waals surface area contributed by atoms with Gasteiger partial charge in [-0.15, -0.1) is 13.2 Å². The summed E-state index contributed by atoms with van der Waals surface area (Å²) in [7, 11) is 2.11. The molecule has 0 aromatic heterocycles. The Labute approximate surface area is 357 Å². The van der Waals surface area contributed by atoms with Gasteiger partial charge in [0.05, 0.1) is 6.04 Å². The predicted molar refractivity (Wildman–Crippen MR) is 212 cm³/mol. The van der Waals surface area contributed by atoms with E-state index in [2.05, 4.69) is 63.6 Å². The van der Waals surface area contributed by atoms with Crippen molar-refractivity contribution in [1.82, 2.24) is 9.80 Å². The van der Waals surface area contributed by atoms with Crippen molar-refractivity contribution in [2.45, 2.75) is 143 Å². The Balaban J connectivity index is -0.00000187. The maximum Gasteiger partial charge on any atom is 0.553 e. The summed E-state index contributed by atoms with van der Waals surface area (Å²) in [5.74, 6) is 0.751. The number of benzene rings is 2. The number of likely N-dealkylation sites (N-methyl/N-ethyl adjacent to an activating group) is 1. The molecule has 1 saturated heterocycles. The third kappa shape index (κ3) is 19.5. The monoisotopic (exact) mass is 878 g/mol. The summed E-state index contributed by atoms with van der Waals surface area (Å²) >= 11 is 6.52. The fourth-order valence-electron chi connectivity index (χ4n) is 7.49. The van der Waals surface area contributed by atoms with Gasteiger partial charge in [0.15, 0.2) is 5.78 Å². The SMILES string of the molecule is CCC.CCC(C)C(=O)C(c1ccc(F)c(C)c1C1CCCCC1)N(C)CCC(CCN1CCCCC1)c1cc(Cl)ccc1C.FOC(F)(F)F.[CH3-].[CH3-].[Cr].[Cr]. The van der Waals surface area contributed by atoms with Gasteiger partial charge in [-0.25, -0.2) is 4.39 Å². The maximum absolute atomic E-state index is 15.0. The molecule has 1 saturated carbocycles. The first-order valence-corrected chi connectivity index (χ1v) is 19.4. The van der Waals surface area contributed by atoms with Crippen LogP contribution in [0.15, 0.2) is 30.3 Å². The molecule has 0 amide bonds. The van der Waals surface area contributed by atoms with E-state index >= 15 is 4.39 Å². The Morgan fingerprint density at radius 3 is 2.00 bits per heavy atom. The Kier molecular flexibility index (Phi) is 31.9. The fourth-order valence-corrected chi connectivity index (χ4v) is 7.67. The third-order valence-electron chi connectivity index (χ3n) is 10.4. The molecule has 0 bridgehead atoms. The van der Waals surface area contributed by atoms with E-state index in [1.165, 1.54) is 74.1 Å². The molecular weight excluding hydrogens is 811 g/mol. The number of hydrogen-bond acceptors (Lipinski definition) is 4. The number of Topliss-reactive ketones (excluding diaryl/α,β-unsaturated/α-hetero) is 1. The largest absolute Gasteiger partial charge is 0.553 e. The smallest absolute Gasteiger partial charge is 0.358 e. The van der Waals surface area contributed by atoms with E-state index in [0.717, 1.165) is 66.9 Å². The maximum atomic E-state index is 15.0. The summed E-state index contributed by atoms with van der Waals surface area (Å²) in [6, 6.07) is 9.45. The van der Waals surface area contributed by atoms with Crippen molar-refractivity contribution in [3.05, 3.63) is 83.8 Å². The number of piperidine rings is 1. The van der Waals surface area contributed by atoms with Crippen molar-refractivity contribution in [2.75, 3.05) is 33.2 Å². The van der Waals surface area contributed by atoms with Crippen LogP contribution in [0.3, 0.4) is 0 Å². The second-order valence-electron chi connectivity index (χ2n) is 14.5. The normalized spacial score (nSPS) is 16.3. The summed E-state index contributed by atoms with van der Waals surface area (Å²) < 4.78 is 55.5. The van der Waals surface area contributed by atoms with Crippen LogP contribution in [0.4, 0.5) is 22.1 Å². The van der Waals surface area contributed by atoms with E-state index in [9.17, 15) is 22.5 Å². The minimum atomic E-state index is -5.12. The minimum absolute atomic E-state index is 0. The molecule has 3 unspecified atom stereocenters. The topological polar surface area (TPSA) is 32.8 Å². The Bertz CT molecular complexity index is 1320. The van der Waals surface area contributed by atoms with Gasteiger partial charge in [0, 0.05) is 45.7 Å². The quantitative estimate of drug-likeness (QED) is 0.148. The second-order valence-corrected chi connectivity index (χ2v) is 14.9. The number of alkyl halides is 3. The Morgan fingerprint density at radius 2 is 1.47 bits per heavy atom. The van der Waals surface area contributed by atoms with Crippen molar-refractivity contribution in [2.24, 2.45) is 5.92 Å². The van der Waals surface area contributed by atoms with Gasteiger partial charge < -0.3 is 19.8 Å². The van der Waals surface area contributed by atoms with Gasteiger partial charge in [0.2, 0.25) is 0 Å². The number of likely N-dealkylation sites (tertiary alicyclic amines) is 1. The zero-order valence-electron chi connectivity index (χ0n) is 34.8. The van der Waals surface area contributed by atoms with E-state index in [4.69, 9.17) is 11.6 Å². The van der Waals surface area contributed by atoms with Crippen molar-refractivity contribution >= 4 is 17.4 Å². The average Bonchev–Trinajstić information content (AvgIpc) is 3.11. The number of carbonyl (C=O) groups is 1. The van der Waals surface area contributed by atoms with Gasteiger partial charge in [-0.2, -0.15) is 0 Å². The molecule has 3 atom stereocenters. The number of carbonyl (C=O) groups excluding carboxylic acids is 1. The number of nitrogens with zero attached hydrogens (tertiary/aromatic N) is 2. The van der Waals surface area contributed by atoms with Gasteiger partial charge in [0.25, 0.3) is 0 Å². The van der Waals surface area contributed by atoms with Crippen LogP contribution in [0.1, 0.15) is 150 Å². The zero-order chi connectivity index (χ0) is 38.1. The fraction of sp³-hybridized carbons (Fsp3) is 0.651. The molecule has 2 fully saturated rings. The molecule has 1 aliphatic carbocycles. The number of hydrogen-bond donors (Lipinski definition) is 0. The van der Waals surface area contributed by atoms with E-state index in [-0.39, 0.29) is 73.1 Å². The van der Waals surface area contributed by atoms with Crippen molar-refractivity contribution < 1.29 is 66.5 Å². The molecule has 2 aliphatic rings. The van der Waals surface area contributed by atoms with Gasteiger partial charge >= 0.3 is 6.36 Å². The van der Waals surface area contributed by atoms with Crippen LogP contribution in [0, 0.1) is 40.4 Å². The molecular formula is C43H68ClCr2F5N2O2-2. The molecule has 55 heavy (non-hydrogen) atoms. The molecule has 12 heteroatoms.